The number of nitrogens with zero attached hydrogens (tertiary/aromatic N) is 1. The largest absolute Gasteiger partial charge is 0.423 e. The number of hydrogen-bond acceptors (Lipinski definition) is 5. The van der Waals surface area contributed by atoms with Gasteiger partial charge in [0.2, 0.25) is 0 Å². The maximum absolute atomic E-state index is 14.1. The van der Waals surface area contributed by atoms with E-state index in [1.807, 2.05) is 0 Å². The summed E-state index contributed by atoms with van der Waals surface area (Å²) in [6, 6.07) is 19.3. The number of thioether (sulfide) groups is 1. The first-order chi connectivity index (χ1) is 15.4. The van der Waals surface area contributed by atoms with Gasteiger partial charge in [-0.15, -0.1) is 0 Å². The minimum Gasteiger partial charge on any atom is -0.423 e. The van der Waals surface area contributed by atoms with Gasteiger partial charge in [-0.05, 0) is 59.8 Å². The van der Waals surface area contributed by atoms with Gasteiger partial charge in [0.15, 0.2) is 0 Å². The average Bonchev–Trinajstić information content (AvgIpc) is 3.04. The number of benzene rings is 3. The van der Waals surface area contributed by atoms with Crippen molar-refractivity contribution in [3.05, 3.63) is 105 Å². The molecule has 1 aliphatic rings. The number of imide groups is 1. The van der Waals surface area contributed by atoms with Crippen molar-refractivity contribution >= 4 is 46.6 Å². The molecule has 3 aromatic rings. The lowest BCUT2D eigenvalue weighted by Gasteiger charge is -2.14. The highest BCUT2D eigenvalue weighted by molar-refractivity contribution is 8.18. The maximum atomic E-state index is 14.1. The maximum Gasteiger partial charge on any atom is 0.343 e. The summed E-state index contributed by atoms with van der Waals surface area (Å²) in [5.41, 5.74) is 1.05. The first kappa shape index (κ1) is 21.8. The van der Waals surface area contributed by atoms with Gasteiger partial charge in [0.25, 0.3) is 11.1 Å². The van der Waals surface area contributed by atoms with E-state index in [-0.39, 0.29) is 22.0 Å². The summed E-state index contributed by atoms with van der Waals surface area (Å²) >= 11 is 6.77. The van der Waals surface area contributed by atoms with E-state index < -0.39 is 22.9 Å². The molecule has 2 amide bonds. The van der Waals surface area contributed by atoms with Crippen molar-refractivity contribution < 1.29 is 23.5 Å². The smallest absolute Gasteiger partial charge is 0.343 e. The van der Waals surface area contributed by atoms with Gasteiger partial charge in [-0.25, -0.2) is 9.18 Å². The Balaban J connectivity index is 1.52. The van der Waals surface area contributed by atoms with Crippen LogP contribution in [0.3, 0.4) is 0 Å². The summed E-state index contributed by atoms with van der Waals surface area (Å²) < 4.78 is 19.5. The van der Waals surface area contributed by atoms with Crippen LogP contribution in [0.4, 0.5) is 9.18 Å². The average molecular weight is 468 g/mol. The topological polar surface area (TPSA) is 63.7 Å². The summed E-state index contributed by atoms with van der Waals surface area (Å²) in [5, 5.41) is -0.381. The van der Waals surface area contributed by atoms with Crippen LogP contribution in [-0.2, 0) is 11.3 Å². The number of ether oxygens (including phenoxy) is 1. The number of hydrogen-bond donors (Lipinski definition) is 0. The molecule has 160 valence electrons. The van der Waals surface area contributed by atoms with Crippen molar-refractivity contribution in [3.8, 4) is 5.75 Å². The molecule has 0 saturated carbocycles. The Bertz CT molecular complexity index is 1230. The third-order valence-electron chi connectivity index (χ3n) is 4.63. The first-order valence-corrected chi connectivity index (χ1v) is 10.7. The first-order valence-electron chi connectivity index (χ1n) is 9.48. The fourth-order valence-electron chi connectivity index (χ4n) is 3.04. The van der Waals surface area contributed by atoms with E-state index in [9.17, 15) is 18.8 Å². The quantitative estimate of drug-likeness (QED) is 0.264. The molecule has 0 atom stereocenters. The Morgan fingerprint density at radius 3 is 2.53 bits per heavy atom. The Labute approximate surface area is 192 Å². The fraction of sp³-hybridized carbons (Fsp3) is 0.0417. The standard InChI is InChI=1S/C24H15ClFNO4S/c25-19-10-5-11-20(26)18(19)14-27-22(28)21(32-24(27)30)13-15-6-4-9-17(12-15)31-23(29)16-7-2-1-3-8-16/h1-13H,14H2/b21-13-. The molecular weight excluding hydrogens is 453 g/mol. The molecule has 1 saturated heterocycles. The number of halogens is 2. The molecule has 1 aliphatic heterocycles. The van der Waals surface area contributed by atoms with Crippen LogP contribution in [0.5, 0.6) is 5.75 Å². The highest BCUT2D eigenvalue weighted by Crippen LogP contribution is 2.35. The zero-order chi connectivity index (χ0) is 22.7. The van der Waals surface area contributed by atoms with E-state index in [1.54, 1.807) is 54.6 Å². The molecule has 5 nitrogen and oxygen atoms in total. The van der Waals surface area contributed by atoms with Crippen molar-refractivity contribution in [2.75, 3.05) is 0 Å². The Hall–Kier alpha value is -3.42. The normalized spacial score (nSPS) is 14.8. The van der Waals surface area contributed by atoms with Crippen LogP contribution in [0.25, 0.3) is 6.08 Å². The second kappa shape index (κ2) is 9.38. The summed E-state index contributed by atoms with van der Waals surface area (Å²) in [7, 11) is 0. The summed E-state index contributed by atoms with van der Waals surface area (Å²) in [5.74, 6) is -1.35. The Kier molecular flexibility index (Phi) is 6.39. The number of esters is 1. The Morgan fingerprint density at radius 2 is 1.78 bits per heavy atom. The lowest BCUT2D eigenvalue weighted by molar-refractivity contribution is -0.123. The van der Waals surface area contributed by atoms with Gasteiger partial charge in [0.05, 0.1) is 17.0 Å². The van der Waals surface area contributed by atoms with E-state index in [2.05, 4.69) is 0 Å². The molecule has 0 spiro atoms. The minimum atomic E-state index is -0.589. The van der Waals surface area contributed by atoms with Crippen LogP contribution in [0, 0.1) is 5.82 Å². The van der Waals surface area contributed by atoms with Gasteiger partial charge in [-0.3, -0.25) is 14.5 Å². The van der Waals surface area contributed by atoms with E-state index in [0.29, 0.717) is 16.9 Å². The van der Waals surface area contributed by atoms with E-state index >= 15 is 0 Å². The molecular formula is C24H15ClFNO4S. The minimum absolute atomic E-state index is 0.0764. The van der Waals surface area contributed by atoms with Crippen molar-refractivity contribution in [1.82, 2.24) is 4.90 Å². The summed E-state index contributed by atoms with van der Waals surface area (Å²) in [4.78, 5) is 38.5. The van der Waals surface area contributed by atoms with Crippen LogP contribution in [0.2, 0.25) is 5.02 Å². The summed E-state index contributed by atoms with van der Waals surface area (Å²) in [6.07, 6.45) is 1.52. The van der Waals surface area contributed by atoms with Crippen LogP contribution >= 0.6 is 23.4 Å². The van der Waals surface area contributed by atoms with Gasteiger partial charge in [-0.1, -0.05) is 48.0 Å². The molecule has 8 heteroatoms. The van der Waals surface area contributed by atoms with E-state index in [4.69, 9.17) is 16.3 Å². The lowest BCUT2D eigenvalue weighted by atomic mass is 10.1. The molecule has 32 heavy (non-hydrogen) atoms. The van der Waals surface area contributed by atoms with Gasteiger partial charge in [-0.2, -0.15) is 0 Å². The van der Waals surface area contributed by atoms with E-state index in [0.717, 1.165) is 16.7 Å². The third-order valence-corrected chi connectivity index (χ3v) is 5.89. The third kappa shape index (κ3) is 4.74. The van der Waals surface area contributed by atoms with Gasteiger partial charge in [0.1, 0.15) is 11.6 Å². The van der Waals surface area contributed by atoms with E-state index in [1.165, 1.54) is 24.3 Å². The molecule has 3 aromatic carbocycles. The van der Waals surface area contributed by atoms with Crippen LogP contribution in [0.15, 0.2) is 77.7 Å². The van der Waals surface area contributed by atoms with Crippen molar-refractivity contribution in [3.63, 3.8) is 0 Å². The van der Waals surface area contributed by atoms with Crippen molar-refractivity contribution in [2.45, 2.75) is 6.54 Å². The molecule has 1 heterocycles. The molecule has 0 aromatic heterocycles. The highest BCUT2D eigenvalue weighted by atomic mass is 35.5. The zero-order valence-electron chi connectivity index (χ0n) is 16.5. The van der Waals surface area contributed by atoms with Crippen molar-refractivity contribution in [2.24, 2.45) is 0 Å². The molecule has 0 bridgehead atoms. The molecule has 0 radical (unpaired) electrons. The molecule has 4 rings (SSSR count). The zero-order valence-corrected chi connectivity index (χ0v) is 18.0. The monoisotopic (exact) mass is 467 g/mol. The predicted octanol–water partition coefficient (Wildman–Crippen LogP) is 5.93. The molecule has 1 fully saturated rings. The number of rotatable bonds is 5. The second-order valence-corrected chi connectivity index (χ2v) is 8.20. The predicted molar refractivity (Wildman–Crippen MR) is 121 cm³/mol. The second-order valence-electron chi connectivity index (χ2n) is 6.80. The molecule has 0 N–H and O–H groups in total. The fourth-order valence-corrected chi connectivity index (χ4v) is 4.10. The van der Waals surface area contributed by atoms with Crippen molar-refractivity contribution in [1.29, 1.82) is 0 Å². The summed E-state index contributed by atoms with van der Waals surface area (Å²) in [6.45, 7) is -0.262. The van der Waals surface area contributed by atoms with Gasteiger partial charge in [0, 0.05) is 10.6 Å². The number of amides is 2. The SMILES string of the molecule is O=C(Oc1cccc(/C=C2\SC(=O)N(Cc3c(F)cccc3Cl)C2=O)c1)c1ccccc1. The van der Waals surface area contributed by atoms with Crippen LogP contribution in [0.1, 0.15) is 21.5 Å². The van der Waals surface area contributed by atoms with Gasteiger partial charge >= 0.3 is 5.97 Å². The van der Waals surface area contributed by atoms with Crippen LogP contribution < -0.4 is 4.74 Å². The highest BCUT2D eigenvalue weighted by Gasteiger charge is 2.35. The number of carbonyl (C=O) groups is 3. The lowest BCUT2D eigenvalue weighted by Crippen LogP contribution is -2.28. The van der Waals surface area contributed by atoms with Gasteiger partial charge < -0.3 is 4.74 Å². The van der Waals surface area contributed by atoms with Crippen LogP contribution in [-0.4, -0.2) is 22.0 Å². The number of carbonyl (C=O) groups excluding carboxylic acids is 3. The Morgan fingerprint density at radius 1 is 1.03 bits per heavy atom. The molecule has 0 unspecified atom stereocenters. The molecule has 0 aliphatic carbocycles.